The maximum atomic E-state index is 10.2. The summed E-state index contributed by atoms with van der Waals surface area (Å²) in [6, 6.07) is 0.250. The lowest BCUT2D eigenvalue weighted by Crippen LogP contribution is -2.46. The fourth-order valence-corrected chi connectivity index (χ4v) is 2.63. The molecule has 1 aliphatic rings. The molecule has 0 radical (unpaired) electrons. The fraction of sp³-hybridized carbons (Fsp3) is 0.833. The summed E-state index contributed by atoms with van der Waals surface area (Å²) in [6.07, 6.45) is 4.45. The van der Waals surface area contributed by atoms with Crippen LogP contribution in [-0.2, 0) is 13.1 Å². The molecule has 2 heterocycles. The van der Waals surface area contributed by atoms with Crippen molar-refractivity contribution in [2.45, 2.75) is 58.3 Å². The van der Waals surface area contributed by atoms with Crippen LogP contribution in [0.15, 0.2) is 6.33 Å². The Hall–Kier alpha value is -0.940. The molecule has 96 valence electrons. The van der Waals surface area contributed by atoms with Gasteiger partial charge in [0.2, 0.25) is 0 Å². The van der Waals surface area contributed by atoms with Gasteiger partial charge < -0.3 is 9.67 Å². The third-order valence-corrected chi connectivity index (χ3v) is 3.58. The fourth-order valence-electron chi connectivity index (χ4n) is 2.63. The number of aliphatic hydroxyl groups excluding tert-OH is 1. The normalized spacial score (nSPS) is 19.9. The molecular formula is C12H22N4O. The van der Waals surface area contributed by atoms with Crippen LogP contribution in [0.5, 0.6) is 0 Å². The van der Waals surface area contributed by atoms with Crippen molar-refractivity contribution in [3.05, 3.63) is 12.2 Å². The molecule has 2 rings (SSSR count). The van der Waals surface area contributed by atoms with Gasteiger partial charge in [0.25, 0.3) is 0 Å². The van der Waals surface area contributed by atoms with Crippen molar-refractivity contribution in [2.75, 3.05) is 6.54 Å². The first-order valence-corrected chi connectivity index (χ1v) is 6.55. The van der Waals surface area contributed by atoms with Crippen LogP contribution in [0.3, 0.4) is 0 Å². The maximum absolute atomic E-state index is 10.2. The van der Waals surface area contributed by atoms with Crippen LogP contribution in [0.25, 0.3) is 0 Å². The van der Waals surface area contributed by atoms with E-state index >= 15 is 0 Å². The Morgan fingerprint density at radius 1 is 1.41 bits per heavy atom. The largest absolute Gasteiger partial charge is 0.391 e. The number of fused-ring (bicyclic) bond motifs is 1. The van der Waals surface area contributed by atoms with Crippen LogP contribution in [0.2, 0.25) is 0 Å². The summed E-state index contributed by atoms with van der Waals surface area (Å²) in [5.41, 5.74) is 0. The van der Waals surface area contributed by atoms with Gasteiger partial charge in [-0.25, -0.2) is 0 Å². The van der Waals surface area contributed by atoms with Crippen molar-refractivity contribution in [3.63, 3.8) is 0 Å². The topological polar surface area (TPSA) is 54.2 Å². The van der Waals surface area contributed by atoms with E-state index in [1.807, 2.05) is 0 Å². The van der Waals surface area contributed by atoms with Crippen LogP contribution in [0.4, 0.5) is 0 Å². The summed E-state index contributed by atoms with van der Waals surface area (Å²) < 4.78 is 2.09. The Morgan fingerprint density at radius 2 is 2.24 bits per heavy atom. The van der Waals surface area contributed by atoms with Gasteiger partial charge in [0.05, 0.1) is 12.6 Å². The van der Waals surface area contributed by atoms with E-state index in [9.17, 15) is 5.11 Å². The van der Waals surface area contributed by atoms with Gasteiger partial charge in [0, 0.05) is 19.1 Å². The summed E-state index contributed by atoms with van der Waals surface area (Å²) >= 11 is 0. The summed E-state index contributed by atoms with van der Waals surface area (Å²) in [7, 11) is 0. The summed E-state index contributed by atoms with van der Waals surface area (Å²) in [5.74, 6) is 1.01. The maximum Gasteiger partial charge on any atom is 0.147 e. The molecule has 1 N–H and O–H groups in total. The van der Waals surface area contributed by atoms with Crippen molar-refractivity contribution in [1.29, 1.82) is 0 Å². The molecule has 0 bridgehead atoms. The standard InChI is InChI=1S/C12H22N4O/c1-3-5-11(17)10(4-2)15-6-7-16-9-13-14-12(16)8-15/h9-11,17H,3-8H2,1-2H3. The van der Waals surface area contributed by atoms with Gasteiger partial charge in [-0.1, -0.05) is 20.3 Å². The lowest BCUT2D eigenvalue weighted by molar-refractivity contribution is 0.0256. The molecule has 0 amide bonds. The highest BCUT2D eigenvalue weighted by Crippen LogP contribution is 2.19. The predicted octanol–water partition coefficient (Wildman–Crippen LogP) is 1.03. The molecule has 2 unspecified atom stereocenters. The molecule has 0 spiro atoms. The van der Waals surface area contributed by atoms with Crippen molar-refractivity contribution < 1.29 is 5.11 Å². The second-order valence-corrected chi connectivity index (χ2v) is 4.74. The van der Waals surface area contributed by atoms with E-state index in [2.05, 4.69) is 33.5 Å². The van der Waals surface area contributed by atoms with Crippen LogP contribution >= 0.6 is 0 Å². The minimum atomic E-state index is -0.223. The molecule has 0 saturated heterocycles. The lowest BCUT2D eigenvalue weighted by atomic mass is 10.0. The van der Waals surface area contributed by atoms with E-state index in [0.29, 0.717) is 0 Å². The van der Waals surface area contributed by atoms with E-state index < -0.39 is 0 Å². The number of aromatic nitrogens is 3. The summed E-state index contributed by atoms with van der Waals surface area (Å²) in [6.45, 7) is 6.97. The summed E-state index contributed by atoms with van der Waals surface area (Å²) in [4.78, 5) is 2.34. The molecule has 17 heavy (non-hydrogen) atoms. The molecule has 2 atom stereocenters. The number of hydrogen-bond acceptors (Lipinski definition) is 4. The predicted molar refractivity (Wildman–Crippen MR) is 65.4 cm³/mol. The Morgan fingerprint density at radius 3 is 2.94 bits per heavy atom. The molecule has 1 aromatic heterocycles. The molecule has 0 saturated carbocycles. The SMILES string of the molecule is CCCC(O)C(CC)N1CCn2cnnc2C1. The van der Waals surface area contributed by atoms with E-state index in [0.717, 1.165) is 44.7 Å². The minimum absolute atomic E-state index is 0.223. The van der Waals surface area contributed by atoms with Crippen molar-refractivity contribution in [3.8, 4) is 0 Å². The number of nitrogens with zero attached hydrogens (tertiary/aromatic N) is 4. The van der Waals surface area contributed by atoms with Crippen LogP contribution in [0, 0.1) is 0 Å². The van der Waals surface area contributed by atoms with Gasteiger partial charge in [-0.15, -0.1) is 10.2 Å². The van der Waals surface area contributed by atoms with Gasteiger partial charge in [-0.2, -0.15) is 0 Å². The molecular weight excluding hydrogens is 216 g/mol. The van der Waals surface area contributed by atoms with Gasteiger partial charge in [0.1, 0.15) is 12.2 Å². The van der Waals surface area contributed by atoms with Crippen molar-refractivity contribution >= 4 is 0 Å². The van der Waals surface area contributed by atoms with Crippen molar-refractivity contribution in [2.24, 2.45) is 0 Å². The smallest absolute Gasteiger partial charge is 0.147 e. The third-order valence-electron chi connectivity index (χ3n) is 3.58. The third kappa shape index (κ3) is 2.66. The van der Waals surface area contributed by atoms with E-state index in [-0.39, 0.29) is 12.1 Å². The van der Waals surface area contributed by atoms with Gasteiger partial charge >= 0.3 is 0 Å². The Balaban J connectivity index is 2.02. The Bertz CT molecular complexity index is 352. The van der Waals surface area contributed by atoms with Gasteiger partial charge in [0.15, 0.2) is 0 Å². The monoisotopic (exact) mass is 238 g/mol. The first kappa shape index (κ1) is 12.5. The summed E-state index contributed by atoms with van der Waals surface area (Å²) in [5, 5.41) is 18.2. The van der Waals surface area contributed by atoms with E-state index in [1.54, 1.807) is 6.33 Å². The first-order chi connectivity index (χ1) is 8.26. The molecule has 5 heteroatoms. The van der Waals surface area contributed by atoms with Crippen LogP contribution < -0.4 is 0 Å². The lowest BCUT2D eigenvalue weighted by Gasteiger charge is -2.36. The van der Waals surface area contributed by atoms with Crippen LogP contribution in [0.1, 0.15) is 38.9 Å². The second-order valence-electron chi connectivity index (χ2n) is 4.74. The highest BCUT2D eigenvalue weighted by atomic mass is 16.3. The quantitative estimate of drug-likeness (QED) is 0.832. The van der Waals surface area contributed by atoms with Gasteiger partial charge in [-0.3, -0.25) is 4.90 Å². The Labute approximate surface area is 102 Å². The van der Waals surface area contributed by atoms with E-state index in [1.165, 1.54) is 0 Å². The average molecular weight is 238 g/mol. The second kappa shape index (κ2) is 5.60. The molecule has 0 aromatic carbocycles. The highest BCUT2D eigenvalue weighted by molar-refractivity contribution is 4.92. The first-order valence-electron chi connectivity index (χ1n) is 6.55. The molecule has 5 nitrogen and oxygen atoms in total. The zero-order chi connectivity index (χ0) is 12.3. The zero-order valence-electron chi connectivity index (χ0n) is 10.7. The number of aliphatic hydroxyl groups is 1. The molecule has 0 fully saturated rings. The van der Waals surface area contributed by atoms with Crippen LogP contribution in [-0.4, -0.2) is 43.5 Å². The highest BCUT2D eigenvalue weighted by Gasteiger charge is 2.27. The molecule has 1 aromatic rings. The van der Waals surface area contributed by atoms with Crippen molar-refractivity contribution in [1.82, 2.24) is 19.7 Å². The Kier molecular flexibility index (Phi) is 4.12. The number of rotatable bonds is 5. The average Bonchev–Trinajstić information content (AvgIpc) is 2.77. The number of hydrogen-bond donors (Lipinski definition) is 1. The molecule has 0 aliphatic carbocycles. The molecule has 1 aliphatic heterocycles. The minimum Gasteiger partial charge on any atom is -0.391 e. The van der Waals surface area contributed by atoms with Gasteiger partial charge in [-0.05, 0) is 12.8 Å². The van der Waals surface area contributed by atoms with E-state index in [4.69, 9.17) is 0 Å². The zero-order valence-corrected chi connectivity index (χ0v) is 10.7.